The van der Waals surface area contributed by atoms with Crippen LogP contribution in [-0.4, -0.2) is 4.57 Å². The second-order valence-electron chi connectivity index (χ2n) is 13.7. The third-order valence-electron chi connectivity index (χ3n) is 10.8. The highest BCUT2D eigenvalue weighted by atomic mass is 32.1. The van der Waals surface area contributed by atoms with E-state index in [1.165, 1.54) is 86.0 Å². The largest absolute Gasteiger partial charge is 0.310 e. The van der Waals surface area contributed by atoms with Crippen LogP contribution in [0.5, 0.6) is 0 Å². The molecule has 11 aromatic rings. The van der Waals surface area contributed by atoms with Crippen LogP contribution in [0.2, 0.25) is 0 Å². The summed E-state index contributed by atoms with van der Waals surface area (Å²) in [7, 11) is 0. The van der Waals surface area contributed by atoms with Gasteiger partial charge in [-0.25, -0.2) is 0 Å². The first kappa shape index (κ1) is 30.0. The topological polar surface area (TPSA) is 8.17 Å². The van der Waals surface area contributed by atoms with Crippen molar-refractivity contribution in [2.75, 3.05) is 4.90 Å². The fourth-order valence-corrected chi connectivity index (χ4v) is 9.45. The summed E-state index contributed by atoms with van der Waals surface area (Å²) in [5.74, 6) is 0. The molecule has 0 spiro atoms. The number of aromatic nitrogens is 1. The molecular formula is C50H32N2S. The molecule has 0 aliphatic rings. The van der Waals surface area contributed by atoms with E-state index in [-0.39, 0.29) is 0 Å². The molecule has 0 N–H and O–H groups in total. The van der Waals surface area contributed by atoms with Crippen molar-refractivity contribution in [3.05, 3.63) is 194 Å². The summed E-state index contributed by atoms with van der Waals surface area (Å²) in [6.07, 6.45) is 0. The smallest absolute Gasteiger partial charge is 0.0546 e. The van der Waals surface area contributed by atoms with Gasteiger partial charge in [0.05, 0.1) is 16.7 Å². The van der Waals surface area contributed by atoms with Gasteiger partial charge in [0, 0.05) is 53.4 Å². The molecule has 3 heteroatoms. The summed E-state index contributed by atoms with van der Waals surface area (Å²) in [4.78, 5) is 2.44. The summed E-state index contributed by atoms with van der Waals surface area (Å²) in [5, 5.41) is 10.1. The minimum atomic E-state index is 1.12. The number of benzene rings is 9. The van der Waals surface area contributed by atoms with Crippen LogP contribution in [-0.2, 0) is 0 Å². The van der Waals surface area contributed by atoms with Crippen molar-refractivity contribution < 1.29 is 0 Å². The summed E-state index contributed by atoms with van der Waals surface area (Å²) in [6, 6.07) is 71.0. The van der Waals surface area contributed by atoms with E-state index in [4.69, 9.17) is 0 Å². The lowest BCUT2D eigenvalue weighted by Gasteiger charge is -2.28. The molecule has 0 radical (unpaired) electrons. The molecule has 0 atom stereocenters. The van der Waals surface area contributed by atoms with Crippen molar-refractivity contribution in [2.24, 2.45) is 0 Å². The van der Waals surface area contributed by atoms with Gasteiger partial charge < -0.3 is 9.47 Å². The lowest BCUT2D eigenvalue weighted by Crippen LogP contribution is -2.10. The monoisotopic (exact) mass is 692 g/mol. The summed E-state index contributed by atoms with van der Waals surface area (Å²) < 4.78 is 4.98. The molecule has 11 rings (SSSR count). The van der Waals surface area contributed by atoms with Gasteiger partial charge in [-0.05, 0) is 94.0 Å². The molecule has 0 saturated carbocycles. The van der Waals surface area contributed by atoms with Crippen LogP contribution in [0.1, 0.15) is 0 Å². The highest BCUT2D eigenvalue weighted by Crippen LogP contribution is 2.45. The lowest BCUT2D eigenvalue weighted by atomic mass is 9.98. The highest BCUT2D eigenvalue weighted by Gasteiger charge is 2.19. The number of nitrogens with zero attached hydrogens (tertiary/aromatic N) is 2. The summed E-state index contributed by atoms with van der Waals surface area (Å²) in [5.41, 5.74) is 9.43. The van der Waals surface area contributed by atoms with Crippen molar-refractivity contribution in [2.45, 2.75) is 0 Å². The van der Waals surface area contributed by atoms with Gasteiger partial charge in [-0.2, -0.15) is 0 Å². The fourth-order valence-electron chi connectivity index (χ4n) is 8.31. The van der Waals surface area contributed by atoms with Crippen LogP contribution >= 0.6 is 11.3 Å². The molecule has 248 valence electrons. The van der Waals surface area contributed by atoms with Gasteiger partial charge >= 0.3 is 0 Å². The van der Waals surface area contributed by atoms with Gasteiger partial charge in [-0.1, -0.05) is 127 Å². The molecule has 0 fully saturated rings. The minimum Gasteiger partial charge on any atom is -0.310 e. The maximum atomic E-state index is 2.44. The van der Waals surface area contributed by atoms with E-state index in [9.17, 15) is 0 Å². The maximum absolute atomic E-state index is 2.44. The van der Waals surface area contributed by atoms with E-state index < -0.39 is 0 Å². The second-order valence-corrected chi connectivity index (χ2v) is 14.8. The molecule has 0 bridgehead atoms. The van der Waals surface area contributed by atoms with Crippen LogP contribution in [0, 0.1) is 0 Å². The Morgan fingerprint density at radius 2 is 0.981 bits per heavy atom. The van der Waals surface area contributed by atoms with Gasteiger partial charge in [-0.3, -0.25) is 0 Å². The molecule has 0 aliphatic carbocycles. The number of rotatable bonds is 5. The number of para-hydroxylation sites is 2. The predicted octanol–water partition coefficient (Wildman–Crippen LogP) is 14.6. The van der Waals surface area contributed by atoms with Crippen LogP contribution in [0.25, 0.3) is 80.3 Å². The van der Waals surface area contributed by atoms with Gasteiger partial charge in [0.25, 0.3) is 0 Å². The van der Waals surface area contributed by atoms with Crippen LogP contribution in [0.15, 0.2) is 194 Å². The minimum absolute atomic E-state index is 1.12. The SMILES string of the molecule is c1ccc(-n2c3ccccc3c3cc(-c4ccc(N(c5ccc6c(c5)sc5ccccc56)c5cc6ccccc6c6ccccc56)cc4)ccc32)cc1. The number of hydrogen-bond acceptors (Lipinski definition) is 2. The van der Waals surface area contributed by atoms with Crippen molar-refractivity contribution in [1.82, 2.24) is 4.57 Å². The normalized spacial score (nSPS) is 11.8. The number of anilines is 3. The standard InChI is InChI=1S/C50H32N2S/c1-2-13-36(14-3-1)52-46-20-10-8-18-42(46)45-30-34(24-29-47(45)52)33-22-25-37(26-23-33)51(38-27-28-44-43-19-9-11-21-49(43)53-50(44)32-38)48-31-35-12-4-5-15-39(35)40-16-6-7-17-41(40)48/h1-32H. The van der Waals surface area contributed by atoms with Crippen LogP contribution < -0.4 is 4.90 Å². The summed E-state index contributed by atoms with van der Waals surface area (Å²) in [6.45, 7) is 0. The van der Waals surface area contributed by atoms with E-state index in [0.29, 0.717) is 0 Å². The van der Waals surface area contributed by atoms with Crippen molar-refractivity contribution in [1.29, 1.82) is 0 Å². The Kier molecular flexibility index (Phi) is 6.76. The molecule has 9 aromatic carbocycles. The third-order valence-corrected chi connectivity index (χ3v) is 11.9. The Morgan fingerprint density at radius 1 is 0.358 bits per heavy atom. The zero-order chi connectivity index (χ0) is 34.9. The summed E-state index contributed by atoms with van der Waals surface area (Å²) >= 11 is 1.86. The molecule has 0 saturated heterocycles. The molecule has 0 aliphatic heterocycles. The third kappa shape index (κ3) is 4.78. The Balaban J connectivity index is 1.08. The second kappa shape index (κ2) is 11.9. The Morgan fingerprint density at radius 3 is 1.83 bits per heavy atom. The Bertz CT molecular complexity index is 3170. The van der Waals surface area contributed by atoms with Crippen LogP contribution in [0.4, 0.5) is 17.1 Å². The van der Waals surface area contributed by atoms with Crippen LogP contribution in [0.3, 0.4) is 0 Å². The average Bonchev–Trinajstić information content (AvgIpc) is 3.77. The fraction of sp³-hybridized carbons (Fsp3) is 0. The van der Waals surface area contributed by atoms with Crippen molar-refractivity contribution in [3.8, 4) is 16.8 Å². The van der Waals surface area contributed by atoms with Crippen molar-refractivity contribution >= 4 is 91.9 Å². The number of thiophene rings is 1. The molecule has 2 nitrogen and oxygen atoms in total. The predicted molar refractivity (Wildman–Crippen MR) is 229 cm³/mol. The first-order chi connectivity index (χ1) is 26.3. The number of hydrogen-bond donors (Lipinski definition) is 0. The van der Waals surface area contributed by atoms with Gasteiger partial charge in [0.2, 0.25) is 0 Å². The molecule has 53 heavy (non-hydrogen) atoms. The molecule has 0 unspecified atom stereocenters. The molecule has 2 aromatic heterocycles. The van der Waals surface area contributed by atoms with E-state index in [1.807, 2.05) is 11.3 Å². The van der Waals surface area contributed by atoms with E-state index >= 15 is 0 Å². The first-order valence-electron chi connectivity index (χ1n) is 18.1. The van der Waals surface area contributed by atoms with Gasteiger partial charge in [0.1, 0.15) is 0 Å². The highest BCUT2D eigenvalue weighted by molar-refractivity contribution is 7.25. The lowest BCUT2D eigenvalue weighted by molar-refractivity contribution is 1.18. The zero-order valence-corrected chi connectivity index (χ0v) is 29.6. The molecule has 2 heterocycles. The van der Waals surface area contributed by atoms with Crippen molar-refractivity contribution in [3.63, 3.8) is 0 Å². The Hall–Kier alpha value is -6.68. The van der Waals surface area contributed by atoms with Gasteiger partial charge in [0.15, 0.2) is 0 Å². The first-order valence-corrected chi connectivity index (χ1v) is 18.9. The number of fused-ring (bicyclic) bond motifs is 9. The average molecular weight is 693 g/mol. The maximum Gasteiger partial charge on any atom is 0.0546 e. The molecule has 0 amide bonds. The Labute approximate surface area is 311 Å². The zero-order valence-electron chi connectivity index (χ0n) is 28.8. The quantitative estimate of drug-likeness (QED) is 0.163. The van der Waals surface area contributed by atoms with E-state index in [0.717, 1.165) is 11.4 Å². The van der Waals surface area contributed by atoms with E-state index in [2.05, 4.69) is 204 Å². The van der Waals surface area contributed by atoms with Gasteiger partial charge in [-0.15, -0.1) is 11.3 Å². The molecular weight excluding hydrogens is 661 g/mol. The van der Waals surface area contributed by atoms with E-state index in [1.54, 1.807) is 0 Å².